The van der Waals surface area contributed by atoms with E-state index in [1.54, 1.807) is 0 Å². The summed E-state index contributed by atoms with van der Waals surface area (Å²) >= 11 is 0. The maximum Gasteiger partial charge on any atom is 0.0705 e. The van der Waals surface area contributed by atoms with Crippen LogP contribution in [0.1, 0.15) is 30.6 Å². The molecule has 1 aliphatic rings. The second-order valence-electron chi connectivity index (χ2n) is 5.81. The standard InChI is InChI=1S/C17H22N2O/c1-11-4-5-13-9-14(6-7-16(13)19-11)17(18-3)15-8-12(2)20-10-15/h4-7,9,12,15,17-18H,8,10H2,1-3H3. The predicted octanol–water partition coefficient (Wildman–Crippen LogP) is 3.23. The van der Waals surface area contributed by atoms with E-state index < -0.39 is 0 Å². The van der Waals surface area contributed by atoms with Crippen molar-refractivity contribution >= 4 is 10.9 Å². The van der Waals surface area contributed by atoms with Crippen LogP contribution in [0, 0.1) is 12.8 Å². The first-order chi connectivity index (χ1) is 9.67. The van der Waals surface area contributed by atoms with Gasteiger partial charge >= 0.3 is 0 Å². The zero-order chi connectivity index (χ0) is 14.1. The van der Waals surface area contributed by atoms with E-state index in [0.717, 1.165) is 24.2 Å². The summed E-state index contributed by atoms with van der Waals surface area (Å²) < 4.78 is 5.72. The number of pyridine rings is 1. The fourth-order valence-electron chi connectivity index (χ4n) is 3.20. The Morgan fingerprint density at radius 1 is 1.30 bits per heavy atom. The molecule has 2 aromatic rings. The fourth-order valence-corrected chi connectivity index (χ4v) is 3.20. The Labute approximate surface area is 120 Å². The van der Waals surface area contributed by atoms with E-state index in [9.17, 15) is 0 Å². The Bertz CT molecular complexity index is 611. The van der Waals surface area contributed by atoms with Gasteiger partial charge in [-0.15, -0.1) is 0 Å². The largest absolute Gasteiger partial charge is 0.378 e. The third-order valence-corrected chi connectivity index (χ3v) is 4.22. The van der Waals surface area contributed by atoms with Crippen LogP contribution in [0.15, 0.2) is 30.3 Å². The highest BCUT2D eigenvalue weighted by molar-refractivity contribution is 5.79. The lowest BCUT2D eigenvalue weighted by Gasteiger charge is -2.22. The summed E-state index contributed by atoms with van der Waals surface area (Å²) in [7, 11) is 2.03. The summed E-state index contributed by atoms with van der Waals surface area (Å²) in [5.41, 5.74) is 3.46. The molecule has 3 heteroatoms. The highest BCUT2D eigenvalue weighted by Gasteiger charge is 2.29. The van der Waals surface area contributed by atoms with Gasteiger partial charge in [-0.2, -0.15) is 0 Å². The number of nitrogens with one attached hydrogen (secondary N) is 1. The molecular formula is C17H22N2O. The van der Waals surface area contributed by atoms with Crippen molar-refractivity contribution in [3.63, 3.8) is 0 Å². The van der Waals surface area contributed by atoms with Crippen molar-refractivity contribution in [2.75, 3.05) is 13.7 Å². The minimum atomic E-state index is 0.352. The lowest BCUT2D eigenvalue weighted by atomic mass is 9.90. The Morgan fingerprint density at radius 3 is 2.85 bits per heavy atom. The summed E-state index contributed by atoms with van der Waals surface area (Å²) in [6.07, 6.45) is 1.50. The van der Waals surface area contributed by atoms with E-state index in [1.165, 1.54) is 10.9 Å². The van der Waals surface area contributed by atoms with Crippen LogP contribution in [0.2, 0.25) is 0 Å². The van der Waals surface area contributed by atoms with E-state index in [-0.39, 0.29) is 0 Å². The first kappa shape index (κ1) is 13.5. The molecule has 20 heavy (non-hydrogen) atoms. The molecule has 1 aromatic carbocycles. The smallest absolute Gasteiger partial charge is 0.0705 e. The molecule has 3 rings (SSSR count). The first-order valence-electron chi connectivity index (χ1n) is 7.33. The fraction of sp³-hybridized carbons (Fsp3) is 0.471. The van der Waals surface area contributed by atoms with E-state index in [1.807, 2.05) is 14.0 Å². The number of benzene rings is 1. The highest BCUT2D eigenvalue weighted by Crippen LogP contribution is 2.32. The maximum absolute atomic E-state index is 5.72. The average Bonchev–Trinajstić information content (AvgIpc) is 2.86. The molecule has 3 nitrogen and oxygen atoms in total. The molecule has 0 spiro atoms. The maximum atomic E-state index is 5.72. The van der Waals surface area contributed by atoms with Crippen molar-refractivity contribution in [3.05, 3.63) is 41.6 Å². The predicted molar refractivity (Wildman–Crippen MR) is 81.8 cm³/mol. The average molecular weight is 270 g/mol. The number of hydrogen-bond donors (Lipinski definition) is 1. The minimum Gasteiger partial charge on any atom is -0.378 e. The van der Waals surface area contributed by atoms with Crippen LogP contribution in [0.4, 0.5) is 0 Å². The third-order valence-electron chi connectivity index (χ3n) is 4.22. The van der Waals surface area contributed by atoms with Crippen LogP contribution in [0.5, 0.6) is 0 Å². The van der Waals surface area contributed by atoms with Gasteiger partial charge in [-0.3, -0.25) is 4.98 Å². The molecule has 0 radical (unpaired) electrons. The molecule has 1 N–H and O–H groups in total. The molecular weight excluding hydrogens is 248 g/mol. The van der Waals surface area contributed by atoms with Gasteiger partial charge in [0.05, 0.1) is 18.2 Å². The van der Waals surface area contributed by atoms with Crippen molar-refractivity contribution < 1.29 is 4.74 Å². The number of aryl methyl sites for hydroxylation is 1. The Morgan fingerprint density at radius 2 is 2.15 bits per heavy atom. The molecule has 2 heterocycles. The van der Waals surface area contributed by atoms with Crippen molar-refractivity contribution in [3.8, 4) is 0 Å². The van der Waals surface area contributed by atoms with Gasteiger partial charge in [0.2, 0.25) is 0 Å². The normalized spacial score (nSPS) is 24.1. The number of aromatic nitrogens is 1. The molecule has 0 amide bonds. The van der Waals surface area contributed by atoms with Gasteiger partial charge in [-0.05, 0) is 51.1 Å². The zero-order valence-corrected chi connectivity index (χ0v) is 12.4. The van der Waals surface area contributed by atoms with E-state index in [0.29, 0.717) is 18.1 Å². The number of rotatable bonds is 3. The summed E-state index contributed by atoms with van der Waals surface area (Å²) in [4.78, 5) is 4.57. The van der Waals surface area contributed by atoms with Crippen LogP contribution < -0.4 is 5.32 Å². The van der Waals surface area contributed by atoms with Crippen LogP contribution in [-0.4, -0.2) is 24.7 Å². The molecule has 1 aromatic heterocycles. The van der Waals surface area contributed by atoms with Crippen LogP contribution in [0.25, 0.3) is 10.9 Å². The second-order valence-corrected chi connectivity index (χ2v) is 5.81. The third kappa shape index (κ3) is 2.56. The van der Waals surface area contributed by atoms with Gasteiger partial charge in [0.1, 0.15) is 0 Å². The lowest BCUT2D eigenvalue weighted by molar-refractivity contribution is 0.117. The van der Waals surface area contributed by atoms with E-state index >= 15 is 0 Å². The summed E-state index contributed by atoms with van der Waals surface area (Å²) in [6.45, 7) is 5.03. The molecule has 3 unspecified atom stereocenters. The molecule has 0 saturated carbocycles. The van der Waals surface area contributed by atoms with Crippen molar-refractivity contribution in [2.24, 2.45) is 5.92 Å². The van der Waals surface area contributed by atoms with Crippen LogP contribution in [-0.2, 0) is 4.74 Å². The van der Waals surface area contributed by atoms with Gasteiger partial charge in [-0.1, -0.05) is 12.1 Å². The SMILES string of the molecule is CNC(c1ccc2nc(C)ccc2c1)C1COC(C)C1. The van der Waals surface area contributed by atoms with E-state index in [4.69, 9.17) is 4.74 Å². The lowest BCUT2D eigenvalue weighted by Crippen LogP contribution is -2.25. The molecule has 1 saturated heterocycles. The van der Waals surface area contributed by atoms with Gasteiger partial charge in [0.25, 0.3) is 0 Å². The molecule has 1 fully saturated rings. The van der Waals surface area contributed by atoms with Gasteiger partial charge in [0, 0.05) is 23.0 Å². The Hall–Kier alpha value is -1.45. The summed E-state index contributed by atoms with van der Waals surface area (Å²) in [5.74, 6) is 0.547. The van der Waals surface area contributed by atoms with Gasteiger partial charge in [0.15, 0.2) is 0 Å². The van der Waals surface area contributed by atoms with Crippen molar-refractivity contribution in [1.82, 2.24) is 10.3 Å². The second kappa shape index (κ2) is 5.51. The Kier molecular flexibility index (Phi) is 3.72. The number of ether oxygens (including phenoxy) is 1. The van der Waals surface area contributed by atoms with Crippen LogP contribution >= 0.6 is 0 Å². The first-order valence-corrected chi connectivity index (χ1v) is 7.33. The molecule has 106 valence electrons. The molecule has 3 atom stereocenters. The Balaban J connectivity index is 1.93. The van der Waals surface area contributed by atoms with Crippen LogP contribution in [0.3, 0.4) is 0 Å². The van der Waals surface area contributed by atoms with Gasteiger partial charge < -0.3 is 10.1 Å². The van der Waals surface area contributed by atoms with Crippen molar-refractivity contribution in [2.45, 2.75) is 32.4 Å². The summed E-state index contributed by atoms with van der Waals surface area (Å²) in [5, 5.41) is 4.67. The van der Waals surface area contributed by atoms with E-state index in [2.05, 4.69) is 47.6 Å². The topological polar surface area (TPSA) is 34.2 Å². The monoisotopic (exact) mass is 270 g/mol. The molecule has 1 aliphatic heterocycles. The zero-order valence-electron chi connectivity index (χ0n) is 12.4. The highest BCUT2D eigenvalue weighted by atomic mass is 16.5. The quantitative estimate of drug-likeness (QED) is 0.929. The van der Waals surface area contributed by atoms with Gasteiger partial charge in [-0.25, -0.2) is 0 Å². The van der Waals surface area contributed by atoms with Crippen molar-refractivity contribution in [1.29, 1.82) is 0 Å². The minimum absolute atomic E-state index is 0.352. The molecule has 0 bridgehead atoms. The molecule has 0 aliphatic carbocycles. The number of hydrogen-bond acceptors (Lipinski definition) is 3. The number of nitrogens with zero attached hydrogens (tertiary/aromatic N) is 1. The summed E-state index contributed by atoms with van der Waals surface area (Å²) in [6, 6.07) is 11.2. The number of fused-ring (bicyclic) bond motifs is 1.